The molecule has 10 aromatic carbocycles. The maximum absolute atomic E-state index is 7.15. The SMILES string of the molecule is CC1(C)c2ccccc2-c2ccc(N(c3ccc(-c4ccccc4)cc3)c3ccc4c(c3)oc3c(-c5ccc6oc7ccccc7c6c5)cc(-c5ccc6oc7ccccc7c6c5)cc34)cc21. The molecule has 0 spiro atoms. The van der Waals surface area contributed by atoms with E-state index >= 15 is 0 Å². The summed E-state index contributed by atoms with van der Waals surface area (Å²) in [6, 6.07) is 76.1. The Morgan fingerprint density at radius 2 is 0.836 bits per heavy atom. The summed E-state index contributed by atoms with van der Waals surface area (Å²) in [4.78, 5) is 2.37. The van der Waals surface area contributed by atoms with E-state index in [1.165, 1.54) is 33.4 Å². The van der Waals surface area contributed by atoms with Gasteiger partial charge in [0.15, 0.2) is 0 Å². The van der Waals surface area contributed by atoms with Crippen molar-refractivity contribution in [2.45, 2.75) is 19.3 Å². The molecule has 1 aliphatic rings. The Morgan fingerprint density at radius 3 is 1.60 bits per heavy atom. The van der Waals surface area contributed by atoms with E-state index in [2.05, 4.69) is 207 Å². The van der Waals surface area contributed by atoms with E-state index in [0.717, 1.165) is 105 Å². The number of rotatable bonds is 6. The van der Waals surface area contributed by atoms with Gasteiger partial charge in [0.25, 0.3) is 0 Å². The standard InChI is InChI=1S/C63H41NO3/c1-63(2)55-17-9-6-14-46(55)47-28-26-44(36-56(47)63)64(43-24-20-39(21-25-43)38-12-4-3-5-13-38)45-27-29-50-54-35-42(40-22-30-59-52(32-40)48-15-7-10-18-57(48)65-59)34-51(62(54)67-61(50)37-45)41-23-31-60-53(33-41)49-16-8-11-19-58(49)66-60/h3-37H,1-2H3. The molecule has 3 heterocycles. The van der Waals surface area contributed by atoms with Crippen molar-refractivity contribution in [3.8, 4) is 44.5 Å². The zero-order chi connectivity index (χ0) is 44.4. The van der Waals surface area contributed by atoms with E-state index in [1.807, 2.05) is 24.3 Å². The highest BCUT2D eigenvalue weighted by atomic mass is 16.3. The minimum absolute atomic E-state index is 0.150. The third kappa shape index (κ3) is 5.79. The highest BCUT2D eigenvalue weighted by molar-refractivity contribution is 6.14. The molecule has 4 nitrogen and oxygen atoms in total. The van der Waals surface area contributed by atoms with Crippen LogP contribution in [0.5, 0.6) is 0 Å². The minimum Gasteiger partial charge on any atom is -0.456 e. The van der Waals surface area contributed by atoms with Crippen LogP contribution in [0.15, 0.2) is 226 Å². The second-order valence-corrected chi connectivity index (χ2v) is 18.5. The molecule has 0 fully saturated rings. The van der Waals surface area contributed by atoms with Crippen LogP contribution in [0, 0.1) is 0 Å². The molecule has 0 amide bonds. The van der Waals surface area contributed by atoms with Gasteiger partial charge in [-0.1, -0.05) is 135 Å². The average molecular weight is 860 g/mol. The Balaban J connectivity index is 0.970. The van der Waals surface area contributed by atoms with Crippen LogP contribution in [0.1, 0.15) is 25.0 Å². The molecule has 0 N–H and O–H groups in total. The van der Waals surface area contributed by atoms with Crippen molar-refractivity contribution in [3.63, 3.8) is 0 Å². The second-order valence-electron chi connectivity index (χ2n) is 18.5. The van der Waals surface area contributed by atoms with Gasteiger partial charge in [-0.05, 0) is 135 Å². The zero-order valence-electron chi connectivity index (χ0n) is 36.9. The van der Waals surface area contributed by atoms with Crippen molar-refractivity contribution in [2.75, 3.05) is 4.90 Å². The molecule has 0 aliphatic heterocycles. The highest BCUT2D eigenvalue weighted by Crippen LogP contribution is 2.51. The van der Waals surface area contributed by atoms with Crippen LogP contribution in [0.3, 0.4) is 0 Å². The van der Waals surface area contributed by atoms with E-state index in [0.29, 0.717) is 0 Å². The van der Waals surface area contributed by atoms with Gasteiger partial charge in [-0.25, -0.2) is 0 Å². The van der Waals surface area contributed by atoms with Gasteiger partial charge in [0, 0.05) is 66.4 Å². The second kappa shape index (κ2) is 14.2. The highest BCUT2D eigenvalue weighted by Gasteiger charge is 2.36. The van der Waals surface area contributed by atoms with E-state index in [4.69, 9.17) is 13.3 Å². The Kier molecular flexibility index (Phi) is 8.00. The average Bonchev–Trinajstić information content (AvgIpc) is 4.12. The van der Waals surface area contributed by atoms with Crippen molar-refractivity contribution in [3.05, 3.63) is 223 Å². The van der Waals surface area contributed by atoms with Gasteiger partial charge in [0.2, 0.25) is 0 Å². The summed E-state index contributed by atoms with van der Waals surface area (Å²) in [5.74, 6) is 0. The van der Waals surface area contributed by atoms with Crippen molar-refractivity contribution >= 4 is 82.9 Å². The molecule has 14 rings (SSSR count). The van der Waals surface area contributed by atoms with Gasteiger partial charge in [0.05, 0.1) is 0 Å². The lowest BCUT2D eigenvalue weighted by Gasteiger charge is -2.28. The molecular weight excluding hydrogens is 819 g/mol. The van der Waals surface area contributed by atoms with E-state index in [9.17, 15) is 0 Å². The summed E-state index contributed by atoms with van der Waals surface area (Å²) in [6.45, 7) is 4.68. The molecule has 0 atom stereocenters. The third-order valence-corrected chi connectivity index (χ3v) is 14.3. The Labute approximate surface area is 386 Å². The van der Waals surface area contributed by atoms with Gasteiger partial charge in [-0.15, -0.1) is 0 Å². The molecule has 4 heteroatoms. The largest absolute Gasteiger partial charge is 0.456 e. The zero-order valence-corrected chi connectivity index (χ0v) is 36.9. The molecule has 0 radical (unpaired) electrons. The number of fused-ring (bicyclic) bond motifs is 12. The molecule has 13 aromatic rings. The first-order valence-electron chi connectivity index (χ1n) is 23.0. The number of benzene rings is 10. The summed E-state index contributed by atoms with van der Waals surface area (Å²) < 4.78 is 19.7. The summed E-state index contributed by atoms with van der Waals surface area (Å²) in [6.07, 6.45) is 0. The lowest BCUT2D eigenvalue weighted by atomic mass is 9.82. The third-order valence-electron chi connectivity index (χ3n) is 14.3. The molecule has 0 saturated carbocycles. The first kappa shape index (κ1) is 37.7. The Bertz CT molecular complexity index is 4130. The predicted octanol–water partition coefficient (Wildman–Crippen LogP) is 18.2. The van der Waals surface area contributed by atoms with Crippen LogP contribution in [-0.2, 0) is 5.41 Å². The first-order valence-corrected chi connectivity index (χ1v) is 23.0. The number of furan rings is 3. The van der Waals surface area contributed by atoms with Crippen molar-refractivity contribution in [1.29, 1.82) is 0 Å². The summed E-state index contributed by atoms with van der Waals surface area (Å²) in [5.41, 5.74) is 20.1. The number of para-hydroxylation sites is 2. The molecule has 67 heavy (non-hydrogen) atoms. The molecule has 316 valence electrons. The monoisotopic (exact) mass is 859 g/mol. The fourth-order valence-corrected chi connectivity index (χ4v) is 10.9. The minimum atomic E-state index is -0.150. The van der Waals surface area contributed by atoms with Gasteiger partial charge >= 0.3 is 0 Å². The van der Waals surface area contributed by atoms with Crippen molar-refractivity contribution in [2.24, 2.45) is 0 Å². The van der Waals surface area contributed by atoms with Gasteiger partial charge in [-0.2, -0.15) is 0 Å². The Hall–Kier alpha value is -8.60. The quantitative estimate of drug-likeness (QED) is 0.167. The number of hydrogen-bond donors (Lipinski definition) is 0. The fraction of sp³-hybridized carbons (Fsp3) is 0.0476. The number of hydrogen-bond acceptors (Lipinski definition) is 4. The number of anilines is 3. The molecule has 0 saturated heterocycles. The molecular formula is C63H41NO3. The summed E-state index contributed by atoms with van der Waals surface area (Å²) in [5, 5.41) is 6.48. The lowest BCUT2D eigenvalue weighted by molar-refractivity contribution is 0.660. The molecule has 1 aliphatic carbocycles. The van der Waals surface area contributed by atoms with Crippen LogP contribution in [0.4, 0.5) is 17.1 Å². The smallest absolute Gasteiger partial charge is 0.143 e. The van der Waals surface area contributed by atoms with E-state index in [-0.39, 0.29) is 5.41 Å². The maximum Gasteiger partial charge on any atom is 0.143 e. The summed E-state index contributed by atoms with van der Waals surface area (Å²) in [7, 11) is 0. The van der Waals surface area contributed by atoms with Crippen LogP contribution in [0.2, 0.25) is 0 Å². The van der Waals surface area contributed by atoms with E-state index < -0.39 is 0 Å². The summed E-state index contributed by atoms with van der Waals surface area (Å²) >= 11 is 0. The van der Waals surface area contributed by atoms with Gasteiger partial charge in [0.1, 0.15) is 33.5 Å². The first-order chi connectivity index (χ1) is 32.9. The molecule has 0 unspecified atom stereocenters. The van der Waals surface area contributed by atoms with Gasteiger partial charge in [-0.3, -0.25) is 0 Å². The number of nitrogens with zero attached hydrogens (tertiary/aromatic N) is 1. The fourth-order valence-electron chi connectivity index (χ4n) is 10.9. The maximum atomic E-state index is 7.15. The van der Waals surface area contributed by atoms with Crippen molar-refractivity contribution < 1.29 is 13.3 Å². The van der Waals surface area contributed by atoms with Gasteiger partial charge < -0.3 is 18.2 Å². The van der Waals surface area contributed by atoms with Crippen LogP contribution in [0.25, 0.3) is 110 Å². The Morgan fingerprint density at radius 1 is 0.299 bits per heavy atom. The van der Waals surface area contributed by atoms with Crippen molar-refractivity contribution in [1.82, 2.24) is 0 Å². The molecule has 0 bridgehead atoms. The van der Waals surface area contributed by atoms with Crippen LogP contribution in [-0.4, -0.2) is 0 Å². The predicted molar refractivity (Wildman–Crippen MR) is 277 cm³/mol. The topological polar surface area (TPSA) is 42.7 Å². The normalized spacial score (nSPS) is 13.0. The molecule has 3 aromatic heterocycles. The van der Waals surface area contributed by atoms with E-state index in [1.54, 1.807) is 0 Å². The van der Waals surface area contributed by atoms with Crippen LogP contribution < -0.4 is 4.90 Å². The lowest BCUT2D eigenvalue weighted by Crippen LogP contribution is -2.16. The van der Waals surface area contributed by atoms with Crippen LogP contribution >= 0.6 is 0 Å².